The van der Waals surface area contributed by atoms with Crippen LogP contribution in [0.2, 0.25) is 0 Å². The standard InChI is InChI=1S/C13H18BrN3O3S/c14-11-2-1-10(21-11)8-16-3-5-17(6-4-16)9-12(18)15-7-13(19)20/h1-2H,3-9H2,(H,15,18)(H,19,20). The quantitative estimate of drug-likeness (QED) is 0.770. The van der Waals surface area contributed by atoms with Crippen molar-refractivity contribution in [3.05, 3.63) is 20.8 Å². The molecule has 1 aromatic heterocycles. The molecule has 0 atom stereocenters. The summed E-state index contributed by atoms with van der Waals surface area (Å²) in [6.07, 6.45) is 0. The lowest BCUT2D eigenvalue weighted by molar-refractivity contribution is -0.138. The Hall–Kier alpha value is -0.960. The molecule has 0 aliphatic carbocycles. The summed E-state index contributed by atoms with van der Waals surface area (Å²) in [4.78, 5) is 27.7. The van der Waals surface area contributed by atoms with Gasteiger partial charge in [0.05, 0.1) is 10.3 Å². The molecule has 1 fully saturated rings. The summed E-state index contributed by atoms with van der Waals surface area (Å²) in [5.41, 5.74) is 0. The number of hydrogen-bond donors (Lipinski definition) is 2. The molecule has 21 heavy (non-hydrogen) atoms. The van der Waals surface area contributed by atoms with Crippen LogP contribution in [0, 0.1) is 0 Å². The molecule has 6 nitrogen and oxygen atoms in total. The highest BCUT2D eigenvalue weighted by Crippen LogP contribution is 2.23. The second-order valence-corrected chi connectivity index (χ2v) is 7.48. The Morgan fingerprint density at radius 1 is 1.24 bits per heavy atom. The van der Waals surface area contributed by atoms with Gasteiger partial charge in [-0.25, -0.2) is 0 Å². The summed E-state index contributed by atoms with van der Waals surface area (Å²) in [6, 6.07) is 4.18. The highest BCUT2D eigenvalue weighted by Gasteiger charge is 2.19. The van der Waals surface area contributed by atoms with Gasteiger partial charge in [-0.2, -0.15) is 0 Å². The first-order chi connectivity index (χ1) is 10.0. The van der Waals surface area contributed by atoms with Crippen molar-refractivity contribution < 1.29 is 14.7 Å². The zero-order valence-corrected chi connectivity index (χ0v) is 14.0. The van der Waals surface area contributed by atoms with Crippen molar-refractivity contribution in [2.75, 3.05) is 39.3 Å². The molecule has 2 heterocycles. The summed E-state index contributed by atoms with van der Waals surface area (Å²) in [5, 5.41) is 10.9. The van der Waals surface area contributed by atoms with E-state index < -0.39 is 5.97 Å². The number of carbonyl (C=O) groups is 2. The molecule has 0 radical (unpaired) electrons. The van der Waals surface area contributed by atoms with Gasteiger partial charge < -0.3 is 10.4 Å². The van der Waals surface area contributed by atoms with Crippen LogP contribution in [0.15, 0.2) is 15.9 Å². The molecule has 0 spiro atoms. The van der Waals surface area contributed by atoms with Crippen LogP contribution in [0.25, 0.3) is 0 Å². The van der Waals surface area contributed by atoms with Crippen LogP contribution in [-0.4, -0.2) is 66.1 Å². The fraction of sp³-hybridized carbons (Fsp3) is 0.538. The number of halogens is 1. The average Bonchev–Trinajstić information content (AvgIpc) is 2.84. The van der Waals surface area contributed by atoms with Crippen LogP contribution < -0.4 is 5.32 Å². The van der Waals surface area contributed by atoms with Gasteiger partial charge in [-0.3, -0.25) is 19.4 Å². The first kappa shape index (κ1) is 16.4. The zero-order chi connectivity index (χ0) is 15.2. The number of hydrogen-bond acceptors (Lipinski definition) is 5. The Kier molecular flexibility index (Phi) is 6.16. The Morgan fingerprint density at radius 3 is 2.48 bits per heavy atom. The number of carboxylic acids is 1. The summed E-state index contributed by atoms with van der Waals surface area (Å²) in [6.45, 7) is 4.39. The maximum atomic E-state index is 11.6. The number of rotatable bonds is 6. The van der Waals surface area contributed by atoms with Crippen LogP contribution in [0.5, 0.6) is 0 Å². The summed E-state index contributed by atoms with van der Waals surface area (Å²) in [5.74, 6) is -1.25. The summed E-state index contributed by atoms with van der Waals surface area (Å²) >= 11 is 5.21. The number of carbonyl (C=O) groups excluding carboxylic acids is 1. The largest absolute Gasteiger partial charge is 0.480 e. The van der Waals surface area contributed by atoms with E-state index in [1.54, 1.807) is 11.3 Å². The second kappa shape index (κ2) is 7.88. The molecule has 0 bridgehead atoms. The van der Waals surface area contributed by atoms with Crippen LogP contribution in [0.3, 0.4) is 0 Å². The molecule has 1 saturated heterocycles. The molecule has 2 rings (SSSR count). The monoisotopic (exact) mass is 375 g/mol. The number of carboxylic acid groups (broad SMARTS) is 1. The van der Waals surface area contributed by atoms with Gasteiger partial charge in [-0.05, 0) is 28.1 Å². The number of amides is 1. The Bertz CT molecular complexity index is 501. The minimum Gasteiger partial charge on any atom is -0.480 e. The number of nitrogens with zero attached hydrogens (tertiary/aromatic N) is 2. The maximum absolute atomic E-state index is 11.6. The van der Waals surface area contributed by atoms with E-state index in [0.29, 0.717) is 0 Å². The van der Waals surface area contributed by atoms with Gasteiger partial charge in [0.15, 0.2) is 0 Å². The second-order valence-electron chi connectivity index (χ2n) is 4.93. The Labute approximate surface area is 135 Å². The average molecular weight is 376 g/mol. The molecule has 0 aromatic carbocycles. The first-order valence-corrected chi connectivity index (χ1v) is 8.31. The highest BCUT2D eigenvalue weighted by atomic mass is 79.9. The van der Waals surface area contributed by atoms with Gasteiger partial charge in [0, 0.05) is 37.6 Å². The van der Waals surface area contributed by atoms with Crippen LogP contribution in [0.4, 0.5) is 0 Å². The van der Waals surface area contributed by atoms with Crippen molar-refractivity contribution in [3.8, 4) is 0 Å². The molecule has 1 aliphatic heterocycles. The molecule has 116 valence electrons. The van der Waals surface area contributed by atoms with E-state index in [9.17, 15) is 9.59 Å². The number of piperazine rings is 1. The van der Waals surface area contributed by atoms with Gasteiger partial charge in [0.2, 0.25) is 5.91 Å². The number of aliphatic carboxylic acids is 1. The molecule has 1 aromatic rings. The summed E-state index contributed by atoms with van der Waals surface area (Å²) in [7, 11) is 0. The van der Waals surface area contributed by atoms with Crippen molar-refractivity contribution >= 4 is 39.1 Å². The molecule has 0 unspecified atom stereocenters. The van der Waals surface area contributed by atoms with Crippen molar-refractivity contribution in [1.29, 1.82) is 0 Å². The van der Waals surface area contributed by atoms with E-state index in [4.69, 9.17) is 5.11 Å². The smallest absolute Gasteiger partial charge is 0.322 e. The van der Waals surface area contributed by atoms with Crippen molar-refractivity contribution in [2.24, 2.45) is 0 Å². The minimum absolute atomic E-state index is 0.229. The van der Waals surface area contributed by atoms with Crippen LogP contribution in [-0.2, 0) is 16.1 Å². The van der Waals surface area contributed by atoms with E-state index in [2.05, 4.69) is 43.2 Å². The number of thiophene rings is 1. The fourth-order valence-electron chi connectivity index (χ4n) is 2.20. The van der Waals surface area contributed by atoms with Gasteiger partial charge >= 0.3 is 5.97 Å². The molecule has 0 saturated carbocycles. The maximum Gasteiger partial charge on any atom is 0.322 e. The lowest BCUT2D eigenvalue weighted by Crippen LogP contribution is -2.49. The number of nitrogens with one attached hydrogen (secondary N) is 1. The third-order valence-electron chi connectivity index (χ3n) is 3.28. The molecule has 8 heteroatoms. The normalized spacial score (nSPS) is 16.8. The van der Waals surface area contributed by atoms with Gasteiger partial charge in [0.1, 0.15) is 6.54 Å². The molecule has 1 amide bonds. The molecular weight excluding hydrogens is 358 g/mol. The lowest BCUT2D eigenvalue weighted by atomic mass is 10.3. The van der Waals surface area contributed by atoms with E-state index >= 15 is 0 Å². The van der Waals surface area contributed by atoms with Gasteiger partial charge in [-0.15, -0.1) is 11.3 Å². The lowest BCUT2D eigenvalue weighted by Gasteiger charge is -2.33. The molecule has 1 aliphatic rings. The van der Waals surface area contributed by atoms with Crippen molar-refractivity contribution in [3.63, 3.8) is 0 Å². The first-order valence-electron chi connectivity index (χ1n) is 6.70. The van der Waals surface area contributed by atoms with Crippen LogP contribution in [0.1, 0.15) is 4.88 Å². The SMILES string of the molecule is O=C(O)CNC(=O)CN1CCN(Cc2ccc(Br)s2)CC1. The van der Waals surface area contributed by atoms with E-state index in [-0.39, 0.29) is 19.0 Å². The predicted molar refractivity (Wildman–Crippen MR) is 84.4 cm³/mol. The minimum atomic E-state index is -1.02. The van der Waals surface area contributed by atoms with Crippen LogP contribution >= 0.6 is 27.3 Å². The Balaban J connectivity index is 1.68. The van der Waals surface area contributed by atoms with E-state index in [0.717, 1.165) is 36.5 Å². The van der Waals surface area contributed by atoms with Gasteiger partial charge in [0.25, 0.3) is 0 Å². The zero-order valence-electron chi connectivity index (χ0n) is 11.5. The van der Waals surface area contributed by atoms with Gasteiger partial charge in [-0.1, -0.05) is 0 Å². The fourth-order valence-corrected chi connectivity index (χ4v) is 3.72. The topological polar surface area (TPSA) is 72.9 Å². The molecule has 2 N–H and O–H groups in total. The third kappa shape index (κ3) is 5.74. The Morgan fingerprint density at radius 2 is 1.90 bits per heavy atom. The van der Waals surface area contributed by atoms with Crippen molar-refractivity contribution in [1.82, 2.24) is 15.1 Å². The van der Waals surface area contributed by atoms with Crippen molar-refractivity contribution in [2.45, 2.75) is 6.54 Å². The third-order valence-corrected chi connectivity index (χ3v) is 4.89. The van der Waals surface area contributed by atoms with E-state index in [1.165, 1.54) is 4.88 Å². The molecular formula is C13H18BrN3O3S. The highest BCUT2D eigenvalue weighted by molar-refractivity contribution is 9.11. The van der Waals surface area contributed by atoms with E-state index in [1.807, 2.05) is 0 Å². The summed E-state index contributed by atoms with van der Waals surface area (Å²) < 4.78 is 1.14. The predicted octanol–water partition coefficient (Wildman–Crippen LogP) is 0.829.